The number of aromatic amines is 1. The lowest BCUT2D eigenvalue weighted by atomic mass is 9.93. The van der Waals surface area contributed by atoms with Gasteiger partial charge in [-0.1, -0.05) is 0 Å². The molecule has 1 aromatic heterocycles. The van der Waals surface area contributed by atoms with Crippen LogP contribution in [0.2, 0.25) is 0 Å². The maximum absolute atomic E-state index is 10.7. The minimum absolute atomic E-state index is 0.190. The van der Waals surface area contributed by atoms with Gasteiger partial charge in [0, 0.05) is 6.20 Å². The molecule has 1 fully saturated rings. The molecule has 0 bridgehead atoms. The number of hydrogen-bond donors (Lipinski definition) is 2. The van der Waals surface area contributed by atoms with Crippen LogP contribution in [-0.4, -0.2) is 16.1 Å². The Balaban J connectivity index is 2.13. The maximum atomic E-state index is 10.7. The van der Waals surface area contributed by atoms with Crippen molar-refractivity contribution in [1.82, 2.24) is 4.98 Å². The van der Waals surface area contributed by atoms with E-state index in [9.17, 15) is 4.79 Å². The van der Waals surface area contributed by atoms with Gasteiger partial charge in [-0.05, 0) is 52.2 Å². The predicted octanol–water partition coefficient (Wildman–Crippen LogP) is 2.75. The van der Waals surface area contributed by atoms with Crippen molar-refractivity contribution in [1.29, 1.82) is 0 Å². The van der Waals surface area contributed by atoms with Crippen molar-refractivity contribution >= 4 is 21.9 Å². The highest BCUT2D eigenvalue weighted by atomic mass is 79.9. The third-order valence-corrected chi connectivity index (χ3v) is 3.14. The van der Waals surface area contributed by atoms with Gasteiger partial charge in [0.15, 0.2) is 0 Å². The van der Waals surface area contributed by atoms with E-state index in [-0.39, 0.29) is 12.3 Å². The molecule has 1 aliphatic rings. The molecule has 1 unspecified atom stereocenters. The average molecular weight is 258 g/mol. The summed E-state index contributed by atoms with van der Waals surface area (Å²) in [5.41, 5.74) is 1.11. The summed E-state index contributed by atoms with van der Waals surface area (Å²) in [5.74, 6) is 0.0584. The van der Waals surface area contributed by atoms with Crippen molar-refractivity contribution in [2.75, 3.05) is 0 Å². The van der Waals surface area contributed by atoms with E-state index in [0.29, 0.717) is 5.92 Å². The fourth-order valence-corrected chi connectivity index (χ4v) is 2.22. The van der Waals surface area contributed by atoms with Crippen molar-refractivity contribution in [3.05, 3.63) is 22.4 Å². The van der Waals surface area contributed by atoms with Gasteiger partial charge in [-0.15, -0.1) is 0 Å². The van der Waals surface area contributed by atoms with Crippen LogP contribution in [0.25, 0.3) is 0 Å². The number of H-pyrrole nitrogens is 1. The molecule has 0 radical (unpaired) electrons. The molecule has 2 rings (SSSR count). The summed E-state index contributed by atoms with van der Waals surface area (Å²) >= 11 is 3.33. The number of nitrogens with one attached hydrogen (secondary N) is 1. The molecule has 3 nitrogen and oxygen atoms in total. The molecule has 1 heterocycles. The van der Waals surface area contributed by atoms with Crippen LogP contribution in [0.1, 0.15) is 30.7 Å². The van der Waals surface area contributed by atoms with Gasteiger partial charge in [0.2, 0.25) is 0 Å². The molecule has 0 spiro atoms. The van der Waals surface area contributed by atoms with Crippen LogP contribution >= 0.6 is 15.9 Å². The van der Waals surface area contributed by atoms with Crippen molar-refractivity contribution < 1.29 is 9.90 Å². The zero-order valence-electron chi connectivity index (χ0n) is 7.66. The number of aromatic nitrogens is 1. The van der Waals surface area contributed by atoms with E-state index in [1.165, 1.54) is 12.8 Å². The normalized spacial score (nSPS) is 18.1. The van der Waals surface area contributed by atoms with Gasteiger partial charge in [0.25, 0.3) is 0 Å². The third kappa shape index (κ3) is 2.18. The Hall–Kier alpha value is -0.770. The summed E-state index contributed by atoms with van der Waals surface area (Å²) in [4.78, 5) is 13.7. The molecule has 0 amide bonds. The van der Waals surface area contributed by atoms with Crippen LogP contribution < -0.4 is 0 Å². The van der Waals surface area contributed by atoms with Crippen LogP contribution in [0.15, 0.2) is 16.9 Å². The van der Waals surface area contributed by atoms with Crippen LogP contribution in [0, 0.1) is 5.92 Å². The molecule has 76 valence electrons. The summed E-state index contributed by atoms with van der Waals surface area (Å²) in [6.45, 7) is 0. The van der Waals surface area contributed by atoms with Gasteiger partial charge in [-0.3, -0.25) is 4.79 Å². The number of carbonyl (C=O) groups is 1. The lowest BCUT2D eigenvalue weighted by molar-refractivity contribution is -0.137. The van der Waals surface area contributed by atoms with Gasteiger partial charge in [0.05, 0.1) is 11.0 Å². The number of aliphatic carboxylic acids is 1. The van der Waals surface area contributed by atoms with Crippen molar-refractivity contribution in [2.24, 2.45) is 5.92 Å². The minimum atomic E-state index is -0.709. The molecule has 1 atom stereocenters. The van der Waals surface area contributed by atoms with E-state index < -0.39 is 5.97 Å². The lowest BCUT2D eigenvalue weighted by Crippen LogP contribution is -2.07. The smallest absolute Gasteiger partial charge is 0.303 e. The Kier molecular flexibility index (Phi) is 2.63. The molecule has 0 aliphatic heterocycles. The summed E-state index contributed by atoms with van der Waals surface area (Å²) in [6.07, 6.45) is 4.48. The number of carboxylic acids is 1. The highest BCUT2D eigenvalue weighted by molar-refractivity contribution is 9.10. The summed E-state index contributed by atoms with van der Waals surface area (Å²) in [6, 6.07) is 1.98. The van der Waals surface area contributed by atoms with E-state index in [4.69, 9.17) is 5.11 Å². The van der Waals surface area contributed by atoms with Crippen LogP contribution in [0.4, 0.5) is 0 Å². The van der Waals surface area contributed by atoms with Gasteiger partial charge in [-0.25, -0.2) is 0 Å². The van der Waals surface area contributed by atoms with E-state index in [2.05, 4.69) is 20.9 Å². The van der Waals surface area contributed by atoms with Gasteiger partial charge in [0.1, 0.15) is 0 Å². The second-order valence-corrected chi connectivity index (χ2v) is 4.68. The molecule has 1 aliphatic carbocycles. The molecule has 0 aromatic carbocycles. The third-order valence-electron chi connectivity index (χ3n) is 2.68. The van der Waals surface area contributed by atoms with Crippen molar-refractivity contribution in [2.45, 2.75) is 25.2 Å². The first-order valence-corrected chi connectivity index (χ1v) is 5.51. The van der Waals surface area contributed by atoms with Gasteiger partial charge in [-0.2, -0.15) is 0 Å². The van der Waals surface area contributed by atoms with E-state index in [1.54, 1.807) is 0 Å². The fourth-order valence-electron chi connectivity index (χ4n) is 1.84. The van der Waals surface area contributed by atoms with Crippen LogP contribution in [0.5, 0.6) is 0 Å². The number of rotatable bonds is 4. The fraction of sp³-hybridized carbons (Fsp3) is 0.500. The second kappa shape index (κ2) is 3.77. The van der Waals surface area contributed by atoms with E-state index >= 15 is 0 Å². The number of carboxylic acid groups (broad SMARTS) is 1. The van der Waals surface area contributed by atoms with Crippen molar-refractivity contribution in [3.63, 3.8) is 0 Å². The van der Waals surface area contributed by atoms with Crippen molar-refractivity contribution in [3.8, 4) is 0 Å². The van der Waals surface area contributed by atoms with Gasteiger partial charge >= 0.3 is 5.97 Å². The Morgan fingerprint density at radius 1 is 1.71 bits per heavy atom. The van der Waals surface area contributed by atoms with Crippen LogP contribution in [-0.2, 0) is 4.79 Å². The Morgan fingerprint density at radius 3 is 2.86 bits per heavy atom. The quantitative estimate of drug-likeness (QED) is 0.872. The first-order chi connectivity index (χ1) is 6.66. The highest BCUT2D eigenvalue weighted by Gasteiger charge is 2.34. The Morgan fingerprint density at radius 2 is 2.43 bits per heavy atom. The van der Waals surface area contributed by atoms with Gasteiger partial charge < -0.3 is 10.1 Å². The molecule has 14 heavy (non-hydrogen) atoms. The first kappa shape index (κ1) is 9.77. The van der Waals surface area contributed by atoms with E-state index in [0.717, 1.165) is 10.2 Å². The second-order valence-electron chi connectivity index (χ2n) is 3.82. The molecule has 1 saturated carbocycles. The van der Waals surface area contributed by atoms with E-state index in [1.807, 2.05) is 12.3 Å². The standard InChI is InChI=1S/C10H12BrNO2/c11-9-3-7(5-12-9)8(4-10(13)14)6-1-2-6/h3,5-6,8,12H,1-2,4H2,(H,13,14). The molecule has 2 N–H and O–H groups in total. The lowest BCUT2D eigenvalue weighted by Gasteiger charge is -2.11. The zero-order chi connectivity index (χ0) is 10.1. The summed E-state index contributed by atoms with van der Waals surface area (Å²) < 4.78 is 0.920. The number of halogens is 1. The summed E-state index contributed by atoms with van der Waals surface area (Å²) in [7, 11) is 0. The molecule has 1 aromatic rings. The predicted molar refractivity (Wildman–Crippen MR) is 56.2 cm³/mol. The summed E-state index contributed by atoms with van der Waals surface area (Å²) in [5, 5.41) is 8.81. The minimum Gasteiger partial charge on any atom is -0.481 e. The monoisotopic (exact) mass is 257 g/mol. The highest BCUT2D eigenvalue weighted by Crippen LogP contribution is 2.44. The average Bonchev–Trinajstić information content (AvgIpc) is 2.85. The first-order valence-electron chi connectivity index (χ1n) is 4.72. The number of hydrogen-bond acceptors (Lipinski definition) is 1. The molecular formula is C10H12BrNO2. The SMILES string of the molecule is O=C(O)CC(c1c[nH]c(Br)c1)C1CC1. The maximum Gasteiger partial charge on any atom is 0.303 e. The topological polar surface area (TPSA) is 53.1 Å². The molecule has 0 saturated heterocycles. The Labute approximate surface area is 90.6 Å². The van der Waals surface area contributed by atoms with Crippen LogP contribution in [0.3, 0.4) is 0 Å². The molecule has 4 heteroatoms. The molecular weight excluding hydrogens is 246 g/mol. The zero-order valence-corrected chi connectivity index (χ0v) is 9.25. The Bertz CT molecular complexity index is 344. The largest absolute Gasteiger partial charge is 0.481 e.